The van der Waals surface area contributed by atoms with Crippen LogP contribution >= 0.6 is 11.6 Å². The summed E-state index contributed by atoms with van der Waals surface area (Å²) < 4.78 is 5.53. The van der Waals surface area contributed by atoms with Crippen molar-refractivity contribution in [2.45, 2.75) is 19.4 Å². The highest BCUT2D eigenvalue weighted by atomic mass is 35.5. The quantitative estimate of drug-likeness (QED) is 0.866. The SMILES string of the molecule is CC(=O)Nc1ccc(Cl)c([C@@H]2COCCCN2)c1. The summed E-state index contributed by atoms with van der Waals surface area (Å²) in [5.74, 6) is -0.0895. The van der Waals surface area contributed by atoms with Crippen molar-refractivity contribution in [3.63, 3.8) is 0 Å². The zero-order valence-electron chi connectivity index (χ0n) is 10.3. The first kappa shape index (κ1) is 13.3. The number of hydrogen-bond donors (Lipinski definition) is 2. The number of anilines is 1. The van der Waals surface area contributed by atoms with Crippen molar-refractivity contribution < 1.29 is 9.53 Å². The van der Waals surface area contributed by atoms with Crippen molar-refractivity contribution in [1.29, 1.82) is 0 Å². The van der Waals surface area contributed by atoms with Crippen molar-refractivity contribution >= 4 is 23.2 Å². The van der Waals surface area contributed by atoms with Crippen LogP contribution in [0.5, 0.6) is 0 Å². The van der Waals surface area contributed by atoms with E-state index in [2.05, 4.69) is 10.6 Å². The molecule has 1 saturated heterocycles. The van der Waals surface area contributed by atoms with Crippen LogP contribution in [0, 0.1) is 0 Å². The fourth-order valence-corrected chi connectivity index (χ4v) is 2.25. The molecule has 2 rings (SSSR count). The fourth-order valence-electron chi connectivity index (χ4n) is 2.00. The smallest absolute Gasteiger partial charge is 0.221 e. The van der Waals surface area contributed by atoms with Gasteiger partial charge in [-0.1, -0.05) is 11.6 Å². The topological polar surface area (TPSA) is 50.4 Å². The molecule has 0 radical (unpaired) electrons. The molecule has 1 fully saturated rings. The molecule has 1 amide bonds. The number of benzene rings is 1. The van der Waals surface area contributed by atoms with Gasteiger partial charge in [-0.05, 0) is 36.7 Å². The van der Waals surface area contributed by atoms with E-state index in [0.717, 1.165) is 30.8 Å². The third kappa shape index (κ3) is 3.45. The van der Waals surface area contributed by atoms with Gasteiger partial charge >= 0.3 is 0 Å². The lowest BCUT2D eigenvalue weighted by Gasteiger charge is -2.18. The maximum absolute atomic E-state index is 11.1. The molecular formula is C13H17ClN2O2. The summed E-state index contributed by atoms with van der Waals surface area (Å²) in [7, 11) is 0. The molecule has 18 heavy (non-hydrogen) atoms. The third-order valence-corrected chi connectivity index (χ3v) is 3.18. The lowest BCUT2D eigenvalue weighted by molar-refractivity contribution is -0.114. The second-order valence-corrected chi connectivity index (χ2v) is 4.76. The van der Waals surface area contributed by atoms with E-state index in [1.807, 2.05) is 6.07 Å². The number of amides is 1. The van der Waals surface area contributed by atoms with Crippen LogP contribution in [0.2, 0.25) is 5.02 Å². The maximum atomic E-state index is 11.1. The monoisotopic (exact) mass is 268 g/mol. The summed E-state index contributed by atoms with van der Waals surface area (Å²) in [4.78, 5) is 11.1. The van der Waals surface area contributed by atoms with E-state index >= 15 is 0 Å². The van der Waals surface area contributed by atoms with Crippen LogP contribution < -0.4 is 10.6 Å². The van der Waals surface area contributed by atoms with Crippen LogP contribution in [-0.2, 0) is 9.53 Å². The second-order valence-electron chi connectivity index (χ2n) is 4.35. The van der Waals surface area contributed by atoms with E-state index in [9.17, 15) is 4.79 Å². The molecule has 98 valence electrons. The fraction of sp³-hybridized carbons (Fsp3) is 0.462. The van der Waals surface area contributed by atoms with Gasteiger partial charge in [0.25, 0.3) is 0 Å². The summed E-state index contributed by atoms with van der Waals surface area (Å²) in [6.45, 7) is 3.77. The molecule has 2 N–H and O–H groups in total. The first-order valence-corrected chi connectivity index (χ1v) is 6.43. The average molecular weight is 269 g/mol. The molecule has 0 unspecified atom stereocenters. The van der Waals surface area contributed by atoms with Gasteiger partial charge in [-0.25, -0.2) is 0 Å². The maximum Gasteiger partial charge on any atom is 0.221 e. The van der Waals surface area contributed by atoms with Crippen LogP contribution in [0.4, 0.5) is 5.69 Å². The minimum atomic E-state index is -0.0895. The normalized spacial score (nSPS) is 20.2. The van der Waals surface area contributed by atoms with Gasteiger partial charge in [-0.15, -0.1) is 0 Å². The van der Waals surface area contributed by atoms with Gasteiger partial charge in [-0.2, -0.15) is 0 Å². The largest absolute Gasteiger partial charge is 0.379 e. The molecule has 1 heterocycles. The predicted octanol–water partition coefficient (Wildman–Crippen LogP) is 2.35. The van der Waals surface area contributed by atoms with Crippen LogP contribution in [0.15, 0.2) is 18.2 Å². The number of nitrogens with one attached hydrogen (secondary N) is 2. The van der Waals surface area contributed by atoms with E-state index in [1.54, 1.807) is 12.1 Å². The Balaban J connectivity index is 2.21. The van der Waals surface area contributed by atoms with Crippen molar-refractivity contribution in [1.82, 2.24) is 5.32 Å². The zero-order valence-corrected chi connectivity index (χ0v) is 11.1. The molecule has 0 aromatic heterocycles. The van der Waals surface area contributed by atoms with Crippen molar-refractivity contribution in [2.24, 2.45) is 0 Å². The summed E-state index contributed by atoms with van der Waals surface area (Å²) in [5.41, 5.74) is 1.72. The molecule has 5 heteroatoms. The Morgan fingerprint density at radius 1 is 1.56 bits per heavy atom. The minimum Gasteiger partial charge on any atom is -0.379 e. The zero-order chi connectivity index (χ0) is 13.0. The molecule has 0 bridgehead atoms. The minimum absolute atomic E-state index is 0.0775. The van der Waals surface area contributed by atoms with E-state index in [0.29, 0.717) is 11.6 Å². The Bertz CT molecular complexity index is 429. The standard InChI is InChI=1S/C13H17ClN2O2/c1-9(17)16-10-3-4-12(14)11(7-10)13-8-18-6-2-5-15-13/h3-4,7,13,15H,2,5-6,8H2,1H3,(H,16,17)/t13-/m0/s1. The molecule has 1 aliphatic heterocycles. The molecule has 1 aromatic carbocycles. The predicted molar refractivity (Wildman–Crippen MR) is 71.9 cm³/mol. The summed E-state index contributed by atoms with van der Waals surface area (Å²) in [6, 6.07) is 5.57. The summed E-state index contributed by atoms with van der Waals surface area (Å²) >= 11 is 6.21. The summed E-state index contributed by atoms with van der Waals surface area (Å²) in [5, 5.41) is 6.85. The number of carbonyl (C=O) groups is 1. The Kier molecular flexibility index (Phi) is 4.58. The Labute approximate surface area is 112 Å². The van der Waals surface area contributed by atoms with Crippen molar-refractivity contribution in [2.75, 3.05) is 25.1 Å². The first-order chi connectivity index (χ1) is 8.66. The van der Waals surface area contributed by atoms with Gasteiger partial charge in [0.15, 0.2) is 0 Å². The molecule has 0 aliphatic carbocycles. The molecule has 0 saturated carbocycles. The van der Waals surface area contributed by atoms with Crippen LogP contribution in [0.25, 0.3) is 0 Å². The Hall–Kier alpha value is -1.10. The van der Waals surface area contributed by atoms with Crippen molar-refractivity contribution in [3.05, 3.63) is 28.8 Å². The molecule has 1 atom stereocenters. The van der Waals surface area contributed by atoms with Gasteiger partial charge in [-0.3, -0.25) is 4.79 Å². The Morgan fingerprint density at radius 2 is 2.39 bits per heavy atom. The van der Waals surface area contributed by atoms with E-state index in [-0.39, 0.29) is 11.9 Å². The number of ether oxygens (including phenoxy) is 1. The van der Waals surface area contributed by atoms with Crippen molar-refractivity contribution in [3.8, 4) is 0 Å². The average Bonchev–Trinajstić information content (AvgIpc) is 2.59. The van der Waals surface area contributed by atoms with Crippen LogP contribution in [0.1, 0.15) is 24.9 Å². The highest BCUT2D eigenvalue weighted by Crippen LogP contribution is 2.27. The number of hydrogen-bond acceptors (Lipinski definition) is 3. The second kappa shape index (κ2) is 6.18. The molecule has 4 nitrogen and oxygen atoms in total. The van der Waals surface area contributed by atoms with E-state index in [1.165, 1.54) is 6.92 Å². The number of rotatable bonds is 2. The summed E-state index contributed by atoms with van der Waals surface area (Å²) in [6.07, 6.45) is 1.000. The Morgan fingerprint density at radius 3 is 3.17 bits per heavy atom. The van der Waals surface area contributed by atoms with Gasteiger partial charge in [0.2, 0.25) is 5.91 Å². The highest BCUT2D eigenvalue weighted by molar-refractivity contribution is 6.31. The van der Waals surface area contributed by atoms with Crippen LogP contribution in [-0.4, -0.2) is 25.7 Å². The van der Waals surface area contributed by atoms with E-state index in [4.69, 9.17) is 16.3 Å². The van der Waals surface area contributed by atoms with Gasteiger partial charge in [0, 0.05) is 24.2 Å². The van der Waals surface area contributed by atoms with Gasteiger partial charge in [0.1, 0.15) is 0 Å². The highest BCUT2D eigenvalue weighted by Gasteiger charge is 2.17. The van der Waals surface area contributed by atoms with Crippen LogP contribution in [0.3, 0.4) is 0 Å². The van der Waals surface area contributed by atoms with Gasteiger partial charge < -0.3 is 15.4 Å². The molecule has 1 aromatic rings. The first-order valence-electron chi connectivity index (χ1n) is 6.05. The number of carbonyl (C=O) groups excluding carboxylic acids is 1. The number of halogens is 1. The van der Waals surface area contributed by atoms with E-state index < -0.39 is 0 Å². The van der Waals surface area contributed by atoms with Gasteiger partial charge in [0.05, 0.1) is 12.6 Å². The lowest BCUT2D eigenvalue weighted by Crippen LogP contribution is -2.23. The molecule has 1 aliphatic rings. The third-order valence-electron chi connectivity index (χ3n) is 2.83. The molecule has 0 spiro atoms. The molecular weight excluding hydrogens is 252 g/mol. The lowest BCUT2D eigenvalue weighted by atomic mass is 10.1.